The number of aromatic nitrogens is 6. The second-order valence-electron chi connectivity index (χ2n) is 6.92. The van der Waals surface area contributed by atoms with Crippen molar-refractivity contribution in [1.82, 2.24) is 28.9 Å². The molecule has 4 aromatic heterocycles. The first-order valence-corrected chi connectivity index (χ1v) is 9.75. The summed E-state index contributed by atoms with van der Waals surface area (Å²) in [4.78, 5) is 9.40. The number of anilines is 2. The maximum absolute atomic E-state index is 4.81. The fourth-order valence-electron chi connectivity index (χ4n) is 2.56. The van der Waals surface area contributed by atoms with Crippen LogP contribution in [0.3, 0.4) is 0 Å². The molecule has 4 heterocycles. The van der Waals surface area contributed by atoms with Crippen LogP contribution in [-0.2, 0) is 0 Å². The first-order valence-electron chi connectivity index (χ1n) is 8.16. The summed E-state index contributed by atoms with van der Waals surface area (Å²) in [5.74, 6) is 0.720. The predicted molar refractivity (Wildman–Crippen MR) is 106 cm³/mol. The first-order chi connectivity index (χ1) is 12.4. The van der Waals surface area contributed by atoms with E-state index in [0.717, 1.165) is 38.4 Å². The van der Waals surface area contributed by atoms with Gasteiger partial charge in [0.15, 0.2) is 11.5 Å². The van der Waals surface area contributed by atoms with Crippen molar-refractivity contribution in [3.63, 3.8) is 0 Å². The van der Waals surface area contributed by atoms with E-state index in [1.807, 2.05) is 31.6 Å². The highest BCUT2D eigenvalue weighted by Crippen LogP contribution is 2.34. The normalized spacial score (nSPS) is 12.0. The van der Waals surface area contributed by atoms with Gasteiger partial charge < -0.3 is 5.32 Å². The van der Waals surface area contributed by atoms with Crippen molar-refractivity contribution in [3.05, 3.63) is 36.5 Å². The Morgan fingerprint density at radius 2 is 2.12 bits per heavy atom. The van der Waals surface area contributed by atoms with E-state index in [1.54, 1.807) is 18.0 Å². The van der Waals surface area contributed by atoms with Crippen molar-refractivity contribution in [2.24, 2.45) is 0 Å². The number of thioether (sulfide) groups is 1. The van der Waals surface area contributed by atoms with Crippen molar-refractivity contribution in [2.75, 3.05) is 5.32 Å². The fourth-order valence-corrected chi connectivity index (χ4v) is 4.14. The van der Waals surface area contributed by atoms with Gasteiger partial charge in [0.25, 0.3) is 0 Å². The lowest BCUT2D eigenvalue weighted by molar-refractivity contribution is 0.798. The summed E-state index contributed by atoms with van der Waals surface area (Å²) in [5.41, 5.74) is 3.70. The molecule has 0 saturated heterocycles. The molecule has 9 heteroatoms. The number of imidazole rings is 1. The second-order valence-corrected chi connectivity index (χ2v) is 9.58. The van der Waals surface area contributed by atoms with E-state index in [2.05, 4.69) is 50.0 Å². The SMILES string of the molecule is Cc1cc(Nc2nc(SC(C)(C)C)cn3c(-c4cn[nH]c4)cnc23)sn1. The molecule has 0 fully saturated rings. The van der Waals surface area contributed by atoms with Gasteiger partial charge >= 0.3 is 0 Å². The number of fused-ring (bicyclic) bond motifs is 1. The Labute approximate surface area is 159 Å². The second kappa shape index (κ2) is 6.40. The smallest absolute Gasteiger partial charge is 0.181 e. The fraction of sp³-hybridized carbons (Fsp3) is 0.294. The van der Waals surface area contributed by atoms with E-state index in [0.29, 0.717) is 0 Å². The third kappa shape index (κ3) is 3.45. The van der Waals surface area contributed by atoms with Crippen LogP contribution in [0, 0.1) is 6.92 Å². The summed E-state index contributed by atoms with van der Waals surface area (Å²) in [5, 5.41) is 12.2. The average Bonchev–Trinajstić information content (AvgIpc) is 3.25. The zero-order valence-electron chi connectivity index (χ0n) is 14.9. The van der Waals surface area contributed by atoms with Crippen molar-refractivity contribution >= 4 is 39.8 Å². The van der Waals surface area contributed by atoms with Crippen LogP contribution in [0.25, 0.3) is 16.9 Å². The highest BCUT2D eigenvalue weighted by molar-refractivity contribution is 8.00. The quantitative estimate of drug-likeness (QED) is 0.503. The Bertz CT molecular complexity index is 1040. The molecule has 7 nitrogen and oxygen atoms in total. The van der Waals surface area contributed by atoms with Gasteiger partial charge in [-0.3, -0.25) is 9.50 Å². The zero-order valence-corrected chi connectivity index (χ0v) is 16.6. The monoisotopic (exact) mass is 385 g/mol. The Morgan fingerprint density at radius 1 is 1.27 bits per heavy atom. The van der Waals surface area contributed by atoms with Crippen LogP contribution in [0.5, 0.6) is 0 Å². The van der Waals surface area contributed by atoms with Crippen LogP contribution in [0.2, 0.25) is 0 Å². The molecule has 0 unspecified atom stereocenters. The number of hydrogen-bond donors (Lipinski definition) is 2. The van der Waals surface area contributed by atoms with E-state index in [4.69, 9.17) is 4.98 Å². The minimum Gasteiger partial charge on any atom is -0.328 e. The predicted octanol–water partition coefficient (Wildman–Crippen LogP) is 4.52. The molecule has 0 aliphatic carbocycles. The molecule has 0 radical (unpaired) electrons. The largest absolute Gasteiger partial charge is 0.328 e. The molecule has 4 aromatic rings. The van der Waals surface area contributed by atoms with Gasteiger partial charge in [-0.1, -0.05) is 32.5 Å². The molecule has 0 aromatic carbocycles. The summed E-state index contributed by atoms with van der Waals surface area (Å²) in [6.45, 7) is 8.50. The molecule has 0 atom stereocenters. The Hall–Kier alpha value is -2.39. The summed E-state index contributed by atoms with van der Waals surface area (Å²) in [6.07, 6.45) is 7.53. The van der Waals surface area contributed by atoms with Crippen LogP contribution in [0.1, 0.15) is 26.5 Å². The molecule has 0 saturated carbocycles. The molecular weight excluding hydrogens is 366 g/mol. The van der Waals surface area contributed by atoms with E-state index in [1.165, 1.54) is 11.5 Å². The maximum atomic E-state index is 4.81. The van der Waals surface area contributed by atoms with Crippen LogP contribution in [0.4, 0.5) is 10.8 Å². The molecule has 0 bridgehead atoms. The summed E-state index contributed by atoms with van der Waals surface area (Å²) in [6, 6.07) is 2.01. The molecule has 0 aliphatic rings. The number of hydrogen-bond acceptors (Lipinski definition) is 7. The lowest BCUT2D eigenvalue weighted by atomic mass is 10.3. The van der Waals surface area contributed by atoms with E-state index in [9.17, 15) is 0 Å². The Kier molecular flexibility index (Phi) is 4.20. The third-order valence-electron chi connectivity index (χ3n) is 3.54. The molecule has 26 heavy (non-hydrogen) atoms. The van der Waals surface area contributed by atoms with Gasteiger partial charge in [-0.05, 0) is 24.5 Å². The molecule has 134 valence electrons. The minimum atomic E-state index is 0.0510. The van der Waals surface area contributed by atoms with Gasteiger partial charge in [0, 0.05) is 22.7 Å². The van der Waals surface area contributed by atoms with E-state index >= 15 is 0 Å². The van der Waals surface area contributed by atoms with E-state index in [-0.39, 0.29) is 4.75 Å². The molecule has 0 spiro atoms. The van der Waals surface area contributed by atoms with Gasteiger partial charge in [0.2, 0.25) is 0 Å². The van der Waals surface area contributed by atoms with Crippen LogP contribution < -0.4 is 5.32 Å². The van der Waals surface area contributed by atoms with Crippen LogP contribution in [0.15, 0.2) is 35.9 Å². The number of aryl methyl sites for hydroxylation is 1. The summed E-state index contributed by atoms with van der Waals surface area (Å²) < 4.78 is 6.44. The lowest BCUT2D eigenvalue weighted by Crippen LogP contribution is -2.09. The third-order valence-corrected chi connectivity index (χ3v) is 5.36. The first kappa shape index (κ1) is 17.0. The Morgan fingerprint density at radius 3 is 2.77 bits per heavy atom. The van der Waals surface area contributed by atoms with Crippen molar-refractivity contribution in [1.29, 1.82) is 0 Å². The van der Waals surface area contributed by atoms with Crippen LogP contribution in [-0.4, -0.2) is 33.7 Å². The highest BCUT2D eigenvalue weighted by Gasteiger charge is 2.18. The van der Waals surface area contributed by atoms with Gasteiger partial charge in [-0.2, -0.15) is 9.47 Å². The standard InChI is InChI=1S/C17H19N7S2/c1-10-5-13(26-23-10)21-15-16-18-8-12(11-6-19-20-7-11)24(16)9-14(22-15)25-17(2,3)4/h5-9H,1-4H3,(H,19,20)(H,21,22). The molecule has 0 amide bonds. The van der Waals surface area contributed by atoms with Gasteiger partial charge in [0.1, 0.15) is 10.0 Å². The molecular formula is C17H19N7S2. The molecule has 2 N–H and O–H groups in total. The lowest BCUT2D eigenvalue weighted by Gasteiger charge is -2.18. The maximum Gasteiger partial charge on any atom is 0.181 e. The number of rotatable bonds is 4. The van der Waals surface area contributed by atoms with Crippen molar-refractivity contribution in [3.8, 4) is 11.3 Å². The number of H-pyrrole nitrogens is 1. The summed E-state index contributed by atoms with van der Waals surface area (Å²) >= 11 is 3.14. The topological polar surface area (TPSA) is 83.8 Å². The molecule has 0 aliphatic heterocycles. The zero-order chi connectivity index (χ0) is 18.3. The number of aromatic amines is 1. The highest BCUT2D eigenvalue weighted by atomic mass is 32.2. The molecule has 4 rings (SSSR count). The Balaban J connectivity index is 1.85. The van der Waals surface area contributed by atoms with Gasteiger partial charge in [-0.15, -0.1) is 0 Å². The van der Waals surface area contributed by atoms with Gasteiger partial charge in [-0.25, -0.2) is 9.97 Å². The average molecular weight is 386 g/mol. The number of nitrogens with zero attached hydrogens (tertiary/aromatic N) is 5. The van der Waals surface area contributed by atoms with Crippen LogP contribution >= 0.6 is 23.3 Å². The van der Waals surface area contributed by atoms with Crippen molar-refractivity contribution < 1.29 is 0 Å². The van der Waals surface area contributed by atoms with Crippen molar-refractivity contribution in [2.45, 2.75) is 37.5 Å². The van der Waals surface area contributed by atoms with E-state index < -0.39 is 0 Å². The number of nitrogens with one attached hydrogen (secondary N) is 2. The summed E-state index contributed by atoms with van der Waals surface area (Å²) in [7, 11) is 0. The van der Waals surface area contributed by atoms with Gasteiger partial charge in [0.05, 0.1) is 23.8 Å². The minimum absolute atomic E-state index is 0.0510.